The molecule has 0 bridgehead atoms. The molecule has 1 unspecified atom stereocenters. The van der Waals surface area contributed by atoms with Crippen LogP contribution in [0.3, 0.4) is 0 Å². The summed E-state index contributed by atoms with van der Waals surface area (Å²) in [6.45, 7) is 2.71. The lowest BCUT2D eigenvalue weighted by Gasteiger charge is -2.26. The SMILES string of the molecule is CCCn1ncc(Cl)c1C(=O)C(C)(N)C(F)(F)F. The van der Waals surface area contributed by atoms with Crippen molar-refractivity contribution in [2.24, 2.45) is 5.73 Å². The normalized spacial score (nSPS) is 15.5. The number of nitrogens with zero attached hydrogens (tertiary/aromatic N) is 2. The Labute approximate surface area is 107 Å². The molecule has 1 heterocycles. The minimum atomic E-state index is -4.85. The molecule has 0 aliphatic rings. The number of aromatic nitrogens is 2. The fourth-order valence-corrected chi connectivity index (χ4v) is 1.57. The first-order valence-electron chi connectivity index (χ1n) is 5.24. The lowest BCUT2D eigenvalue weighted by Crippen LogP contribution is -2.57. The molecule has 0 saturated heterocycles. The van der Waals surface area contributed by atoms with Crippen molar-refractivity contribution in [1.29, 1.82) is 0 Å². The summed E-state index contributed by atoms with van der Waals surface area (Å²) in [5.74, 6) is -1.29. The summed E-state index contributed by atoms with van der Waals surface area (Å²) in [5.41, 5.74) is 1.80. The second-order valence-electron chi connectivity index (χ2n) is 4.09. The minimum Gasteiger partial charge on any atom is -0.311 e. The molecule has 2 N–H and O–H groups in total. The number of aryl methyl sites for hydroxylation is 1. The Morgan fingerprint density at radius 2 is 2.11 bits per heavy atom. The molecule has 18 heavy (non-hydrogen) atoms. The Bertz CT molecular complexity index is 454. The van der Waals surface area contributed by atoms with Gasteiger partial charge in [0.25, 0.3) is 0 Å². The molecule has 0 fully saturated rings. The fraction of sp³-hybridized carbons (Fsp3) is 0.600. The van der Waals surface area contributed by atoms with Crippen LogP contribution in [0, 0.1) is 0 Å². The minimum absolute atomic E-state index is 0.130. The molecule has 0 aromatic carbocycles. The molecule has 0 amide bonds. The summed E-state index contributed by atoms with van der Waals surface area (Å²) < 4.78 is 39.3. The summed E-state index contributed by atoms with van der Waals surface area (Å²) in [6.07, 6.45) is -3.11. The van der Waals surface area contributed by atoms with Gasteiger partial charge in [-0.2, -0.15) is 18.3 Å². The summed E-state index contributed by atoms with van der Waals surface area (Å²) in [6, 6.07) is 0. The van der Waals surface area contributed by atoms with Gasteiger partial charge in [0, 0.05) is 6.54 Å². The number of hydrogen-bond acceptors (Lipinski definition) is 3. The number of alkyl halides is 3. The van der Waals surface area contributed by atoms with Crippen LogP contribution in [0.15, 0.2) is 6.20 Å². The zero-order valence-electron chi connectivity index (χ0n) is 9.88. The van der Waals surface area contributed by atoms with Crippen molar-refractivity contribution in [2.45, 2.75) is 38.5 Å². The van der Waals surface area contributed by atoms with E-state index in [-0.39, 0.29) is 10.7 Å². The van der Waals surface area contributed by atoms with Crippen LogP contribution in [0.2, 0.25) is 5.02 Å². The Morgan fingerprint density at radius 1 is 1.56 bits per heavy atom. The van der Waals surface area contributed by atoms with Crippen LogP contribution >= 0.6 is 11.6 Å². The van der Waals surface area contributed by atoms with Crippen LogP contribution in [0.25, 0.3) is 0 Å². The molecule has 0 radical (unpaired) electrons. The second kappa shape index (κ2) is 4.89. The maximum absolute atomic E-state index is 12.7. The molecular weight excluding hydrogens is 271 g/mol. The van der Waals surface area contributed by atoms with Crippen molar-refractivity contribution in [3.8, 4) is 0 Å². The smallest absolute Gasteiger partial charge is 0.311 e. The highest BCUT2D eigenvalue weighted by atomic mass is 35.5. The highest BCUT2D eigenvalue weighted by molar-refractivity contribution is 6.34. The number of halogens is 4. The molecule has 1 atom stereocenters. The van der Waals surface area contributed by atoms with Gasteiger partial charge in [-0.05, 0) is 13.3 Å². The van der Waals surface area contributed by atoms with E-state index in [0.717, 1.165) is 10.9 Å². The van der Waals surface area contributed by atoms with E-state index in [2.05, 4.69) is 5.10 Å². The number of carbonyl (C=O) groups is 1. The third-order valence-corrected chi connectivity index (χ3v) is 2.78. The van der Waals surface area contributed by atoms with Gasteiger partial charge < -0.3 is 5.73 Å². The van der Waals surface area contributed by atoms with E-state index in [1.54, 1.807) is 6.92 Å². The van der Waals surface area contributed by atoms with Gasteiger partial charge in [-0.3, -0.25) is 9.48 Å². The Balaban J connectivity index is 3.23. The average Bonchev–Trinajstić information content (AvgIpc) is 2.58. The summed E-state index contributed by atoms with van der Waals surface area (Å²) in [4.78, 5) is 11.9. The number of Topliss-reactive ketones (excluding diaryl/α,β-unsaturated/α-hetero) is 1. The quantitative estimate of drug-likeness (QED) is 0.863. The molecule has 1 aromatic heterocycles. The van der Waals surface area contributed by atoms with Crippen molar-refractivity contribution in [2.75, 3.05) is 0 Å². The van der Waals surface area contributed by atoms with Gasteiger partial charge in [0.15, 0.2) is 5.54 Å². The molecule has 1 aromatic rings. The van der Waals surface area contributed by atoms with Crippen molar-refractivity contribution in [3.63, 3.8) is 0 Å². The first kappa shape index (κ1) is 15.0. The van der Waals surface area contributed by atoms with E-state index >= 15 is 0 Å². The Hall–Kier alpha value is -1.08. The van der Waals surface area contributed by atoms with Crippen LogP contribution in [-0.2, 0) is 6.54 Å². The van der Waals surface area contributed by atoms with E-state index in [0.29, 0.717) is 19.9 Å². The largest absolute Gasteiger partial charge is 0.413 e. The van der Waals surface area contributed by atoms with Gasteiger partial charge in [0.05, 0.1) is 11.2 Å². The fourth-order valence-electron chi connectivity index (χ4n) is 1.34. The van der Waals surface area contributed by atoms with Crippen LogP contribution in [0.5, 0.6) is 0 Å². The van der Waals surface area contributed by atoms with Gasteiger partial charge in [-0.25, -0.2) is 0 Å². The van der Waals surface area contributed by atoms with Crippen molar-refractivity contribution in [3.05, 3.63) is 16.9 Å². The summed E-state index contributed by atoms with van der Waals surface area (Å²) >= 11 is 5.70. The molecule has 8 heteroatoms. The van der Waals surface area contributed by atoms with Gasteiger partial charge >= 0.3 is 6.18 Å². The molecule has 0 aliphatic carbocycles. The number of nitrogens with two attached hydrogens (primary N) is 1. The Morgan fingerprint density at radius 3 is 2.56 bits per heavy atom. The summed E-state index contributed by atoms with van der Waals surface area (Å²) in [7, 11) is 0. The molecular formula is C10H13ClF3N3O. The zero-order chi connectivity index (χ0) is 14.1. The maximum Gasteiger partial charge on any atom is 0.413 e. The average molecular weight is 284 g/mol. The first-order chi connectivity index (χ1) is 8.13. The number of ketones is 1. The van der Waals surface area contributed by atoms with E-state index in [1.807, 2.05) is 0 Å². The molecule has 0 spiro atoms. The van der Waals surface area contributed by atoms with Gasteiger partial charge in [0.1, 0.15) is 5.69 Å². The van der Waals surface area contributed by atoms with Crippen LogP contribution in [0.4, 0.5) is 13.2 Å². The van der Waals surface area contributed by atoms with Crippen LogP contribution < -0.4 is 5.73 Å². The predicted molar refractivity (Wildman–Crippen MR) is 60.5 cm³/mol. The van der Waals surface area contributed by atoms with Gasteiger partial charge in [-0.15, -0.1) is 0 Å². The molecule has 1 rings (SSSR count). The molecule has 4 nitrogen and oxygen atoms in total. The van der Waals surface area contributed by atoms with E-state index in [4.69, 9.17) is 17.3 Å². The zero-order valence-corrected chi connectivity index (χ0v) is 10.6. The highest BCUT2D eigenvalue weighted by Crippen LogP contribution is 2.32. The molecule has 0 saturated carbocycles. The topological polar surface area (TPSA) is 60.9 Å². The van der Waals surface area contributed by atoms with Gasteiger partial charge in [0.2, 0.25) is 5.78 Å². The van der Waals surface area contributed by atoms with Crippen molar-refractivity contribution < 1.29 is 18.0 Å². The monoisotopic (exact) mass is 283 g/mol. The molecule has 0 aliphatic heterocycles. The maximum atomic E-state index is 12.7. The van der Waals surface area contributed by atoms with E-state index in [1.165, 1.54) is 0 Å². The van der Waals surface area contributed by atoms with E-state index in [9.17, 15) is 18.0 Å². The molecule has 102 valence electrons. The van der Waals surface area contributed by atoms with E-state index < -0.39 is 17.5 Å². The predicted octanol–water partition coefficient (Wildman–Crippen LogP) is 2.41. The highest BCUT2D eigenvalue weighted by Gasteiger charge is 2.55. The van der Waals surface area contributed by atoms with Crippen LogP contribution in [0.1, 0.15) is 30.8 Å². The third-order valence-electron chi connectivity index (χ3n) is 2.51. The van der Waals surface area contributed by atoms with Crippen molar-refractivity contribution >= 4 is 17.4 Å². The van der Waals surface area contributed by atoms with Gasteiger partial charge in [-0.1, -0.05) is 18.5 Å². The Kier molecular flexibility index (Phi) is 4.07. The lowest BCUT2D eigenvalue weighted by atomic mass is 9.94. The summed E-state index contributed by atoms with van der Waals surface area (Å²) in [5, 5.41) is 3.63. The number of rotatable bonds is 4. The van der Waals surface area contributed by atoms with Crippen LogP contribution in [-0.4, -0.2) is 27.3 Å². The van der Waals surface area contributed by atoms with Crippen molar-refractivity contribution in [1.82, 2.24) is 9.78 Å². The number of hydrogen-bond donors (Lipinski definition) is 1. The third kappa shape index (κ3) is 2.51. The standard InChI is InChI=1S/C10H13ClF3N3O/c1-3-4-17-7(6(11)5-16-17)8(18)9(2,15)10(12,13)14/h5H,3-4,15H2,1-2H3. The first-order valence-corrected chi connectivity index (χ1v) is 5.62. The lowest BCUT2D eigenvalue weighted by molar-refractivity contribution is -0.166. The number of carbonyl (C=O) groups excluding carboxylic acids is 1. The second-order valence-corrected chi connectivity index (χ2v) is 4.50.